The normalized spacial score (nSPS) is 12.8. The number of carbonyl (C=O) groups is 1. The fourth-order valence-corrected chi connectivity index (χ4v) is 3.89. The summed E-state index contributed by atoms with van der Waals surface area (Å²) in [6.45, 7) is 3.41. The molecule has 0 radical (unpaired) electrons. The van der Waals surface area contributed by atoms with Crippen LogP contribution in [-0.4, -0.2) is 46.9 Å². The van der Waals surface area contributed by atoms with E-state index in [-0.39, 0.29) is 0 Å². The van der Waals surface area contributed by atoms with Crippen molar-refractivity contribution in [1.82, 2.24) is 4.90 Å². The van der Waals surface area contributed by atoms with Crippen LogP contribution in [0.1, 0.15) is 23.6 Å². The van der Waals surface area contributed by atoms with Gasteiger partial charge in [0.15, 0.2) is 17.6 Å². The smallest absolute Gasteiger partial charge is 0.334 e. The Morgan fingerprint density at radius 3 is 1.94 bits per heavy atom. The van der Waals surface area contributed by atoms with E-state index < -0.39 is 18.1 Å². The van der Waals surface area contributed by atoms with Gasteiger partial charge in [-0.1, -0.05) is 66.7 Å². The summed E-state index contributed by atoms with van der Waals surface area (Å²) < 4.78 is 11.1. The molecule has 3 rings (SSSR count). The third-order valence-electron chi connectivity index (χ3n) is 5.52. The summed E-state index contributed by atoms with van der Waals surface area (Å²) in [5.74, 6) is -0.0379. The lowest BCUT2D eigenvalue weighted by atomic mass is 9.97. The molecule has 3 aromatic rings. The number of carboxylic acid groups (broad SMARTS) is 1. The summed E-state index contributed by atoms with van der Waals surface area (Å²) in [5, 5.41) is 20.4. The monoisotopic (exact) mass is 449 g/mol. The molecular formula is C27H31NO5. The van der Waals surface area contributed by atoms with Crippen LogP contribution in [0.3, 0.4) is 0 Å². The summed E-state index contributed by atoms with van der Waals surface area (Å²) >= 11 is 0. The summed E-state index contributed by atoms with van der Waals surface area (Å²) in [4.78, 5) is 13.9. The van der Waals surface area contributed by atoms with Gasteiger partial charge in [-0.3, -0.25) is 4.90 Å². The van der Waals surface area contributed by atoms with E-state index in [1.165, 1.54) is 0 Å². The van der Waals surface area contributed by atoms with Crippen LogP contribution in [0.15, 0.2) is 78.9 Å². The topological polar surface area (TPSA) is 79.2 Å². The molecule has 0 aliphatic rings. The fraction of sp³-hybridized carbons (Fsp3) is 0.296. The minimum absolute atomic E-state index is 0.329. The second kappa shape index (κ2) is 12.0. The maximum absolute atomic E-state index is 11.9. The average molecular weight is 450 g/mol. The number of ether oxygens (including phenoxy) is 2. The van der Waals surface area contributed by atoms with Gasteiger partial charge in [0.2, 0.25) is 0 Å². The zero-order chi connectivity index (χ0) is 23.6. The molecule has 0 amide bonds. The highest BCUT2D eigenvalue weighted by Crippen LogP contribution is 2.29. The number of hydrogen-bond acceptors (Lipinski definition) is 5. The molecule has 174 valence electrons. The van der Waals surface area contributed by atoms with Crippen molar-refractivity contribution in [2.75, 3.05) is 13.7 Å². The lowest BCUT2D eigenvalue weighted by Crippen LogP contribution is -2.47. The van der Waals surface area contributed by atoms with E-state index in [1.54, 1.807) is 7.11 Å². The van der Waals surface area contributed by atoms with Gasteiger partial charge < -0.3 is 19.7 Å². The molecule has 0 bridgehead atoms. The van der Waals surface area contributed by atoms with Crippen molar-refractivity contribution in [3.8, 4) is 11.5 Å². The third-order valence-corrected chi connectivity index (χ3v) is 5.52. The summed E-state index contributed by atoms with van der Waals surface area (Å²) in [6.07, 6.45) is -1.23. The Morgan fingerprint density at radius 2 is 1.45 bits per heavy atom. The number of carboxylic acids is 1. The van der Waals surface area contributed by atoms with Crippen LogP contribution in [0.5, 0.6) is 11.5 Å². The zero-order valence-electron chi connectivity index (χ0n) is 19.1. The Labute approximate surface area is 195 Å². The first-order valence-electron chi connectivity index (χ1n) is 11.0. The second-order valence-corrected chi connectivity index (χ2v) is 7.85. The fourth-order valence-electron chi connectivity index (χ4n) is 3.89. The van der Waals surface area contributed by atoms with E-state index >= 15 is 0 Å². The van der Waals surface area contributed by atoms with Crippen molar-refractivity contribution < 1.29 is 24.5 Å². The first-order chi connectivity index (χ1) is 16.0. The molecule has 6 nitrogen and oxygen atoms in total. The molecule has 0 heterocycles. The molecule has 0 aliphatic heterocycles. The third kappa shape index (κ3) is 6.81. The van der Waals surface area contributed by atoms with Crippen LogP contribution in [0.4, 0.5) is 0 Å². The van der Waals surface area contributed by atoms with Crippen molar-refractivity contribution in [2.45, 2.75) is 38.6 Å². The molecule has 2 atom stereocenters. The first kappa shape index (κ1) is 24.3. The van der Waals surface area contributed by atoms with Crippen LogP contribution in [0, 0.1) is 0 Å². The lowest BCUT2D eigenvalue weighted by molar-refractivity contribution is -0.151. The number of aliphatic hydroxyl groups excluding tert-OH is 1. The summed E-state index contributed by atoms with van der Waals surface area (Å²) in [5.41, 5.74) is 2.94. The quantitative estimate of drug-likeness (QED) is 0.432. The van der Waals surface area contributed by atoms with E-state index in [1.807, 2.05) is 90.7 Å². The number of rotatable bonds is 12. The highest BCUT2D eigenvalue weighted by Gasteiger charge is 2.32. The van der Waals surface area contributed by atoms with Crippen molar-refractivity contribution in [3.63, 3.8) is 0 Å². The van der Waals surface area contributed by atoms with Crippen molar-refractivity contribution in [1.29, 1.82) is 0 Å². The predicted octanol–water partition coefficient (Wildman–Crippen LogP) is 4.15. The molecule has 0 fully saturated rings. The molecule has 0 spiro atoms. The number of benzene rings is 3. The molecule has 33 heavy (non-hydrogen) atoms. The average Bonchev–Trinajstić information content (AvgIpc) is 2.84. The number of hydrogen-bond donors (Lipinski definition) is 2. The molecule has 0 saturated heterocycles. The Bertz CT molecular complexity index is 968. The van der Waals surface area contributed by atoms with Crippen molar-refractivity contribution in [3.05, 3.63) is 95.6 Å². The maximum Gasteiger partial charge on any atom is 0.334 e. The molecule has 3 aromatic carbocycles. The first-order valence-corrected chi connectivity index (χ1v) is 11.0. The Kier molecular flexibility index (Phi) is 8.87. The van der Waals surface area contributed by atoms with Gasteiger partial charge in [-0.15, -0.1) is 0 Å². The molecule has 2 unspecified atom stereocenters. The van der Waals surface area contributed by atoms with Crippen LogP contribution in [0.2, 0.25) is 0 Å². The highest BCUT2D eigenvalue weighted by atomic mass is 16.5. The van der Waals surface area contributed by atoms with Gasteiger partial charge in [-0.05, 0) is 42.2 Å². The van der Waals surface area contributed by atoms with Gasteiger partial charge >= 0.3 is 5.97 Å². The minimum Gasteiger partial charge on any atom is -0.493 e. The van der Waals surface area contributed by atoms with Crippen LogP contribution in [-0.2, 0) is 24.3 Å². The molecular weight excluding hydrogens is 418 g/mol. The largest absolute Gasteiger partial charge is 0.493 e. The van der Waals surface area contributed by atoms with Gasteiger partial charge in [0, 0.05) is 13.1 Å². The standard InChI is InChI=1S/C27H31NO5/c1-3-33-24-15-14-22(17-25(24)32-2)16-23(26(29)27(30)31)28(18-20-10-6-4-7-11-20)19-21-12-8-5-9-13-21/h4-15,17,23,26,29H,3,16,18-19H2,1-2H3,(H,30,31). The van der Waals surface area contributed by atoms with Gasteiger partial charge in [-0.2, -0.15) is 0 Å². The van der Waals surface area contributed by atoms with Gasteiger partial charge in [0.25, 0.3) is 0 Å². The molecule has 0 aromatic heterocycles. The van der Waals surface area contributed by atoms with E-state index in [0.717, 1.165) is 16.7 Å². The second-order valence-electron chi connectivity index (χ2n) is 7.85. The highest BCUT2D eigenvalue weighted by molar-refractivity contribution is 5.73. The van der Waals surface area contributed by atoms with E-state index in [9.17, 15) is 15.0 Å². The van der Waals surface area contributed by atoms with E-state index in [2.05, 4.69) is 0 Å². The number of aliphatic carboxylic acids is 1. The van der Waals surface area contributed by atoms with E-state index in [4.69, 9.17) is 9.47 Å². The maximum atomic E-state index is 11.9. The van der Waals surface area contributed by atoms with Crippen molar-refractivity contribution in [2.24, 2.45) is 0 Å². The predicted molar refractivity (Wildman–Crippen MR) is 127 cm³/mol. The van der Waals surface area contributed by atoms with Crippen LogP contribution in [0.25, 0.3) is 0 Å². The Hall–Kier alpha value is -3.35. The zero-order valence-corrected chi connectivity index (χ0v) is 19.1. The number of aliphatic hydroxyl groups is 1. The van der Waals surface area contributed by atoms with Gasteiger partial charge in [0.05, 0.1) is 19.8 Å². The number of methoxy groups -OCH3 is 1. The SMILES string of the molecule is CCOc1ccc(CC(C(O)C(=O)O)N(Cc2ccccc2)Cc2ccccc2)cc1OC. The molecule has 2 N–H and O–H groups in total. The Balaban J connectivity index is 1.95. The van der Waals surface area contributed by atoms with Crippen molar-refractivity contribution >= 4 is 5.97 Å². The summed E-state index contributed by atoms with van der Waals surface area (Å²) in [7, 11) is 1.57. The minimum atomic E-state index is -1.56. The van der Waals surface area contributed by atoms with Crippen LogP contribution < -0.4 is 9.47 Å². The molecule has 0 aliphatic carbocycles. The van der Waals surface area contributed by atoms with Crippen LogP contribution >= 0.6 is 0 Å². The lowest BCUT2D eigenvalue weighted by Gasteiger charge is -2.34. The summed E-state index contributed by atoms with van der Waals surface area (Å²) in [6, 6.07) is 24.6. The number of nitrogens with zero attached hydrogens (tertiary/aromatic N) is 1. The van der Waals surface area contributed by atoms with Gasteiger partial charge in [-0.25, -0.2) is 4.79 Å². The Morgan fingerprint density at radius 1 is 0.879 bits per heavy atom. The van der Waals surface area contributed by atoms with Gasteiger partial charge in [0.1, 0.15) is 0 Å². The molecule has 6 heteroatoms. The molecule has 0 saturated carbocycles. The van der Waals surface area contributed by atoms with E-state index in [0.29, 0.717) is 37.6 Å².